The van der Waals surface area contributed by atoms with Gasteiger partial charge in [0, 0.05) is 4.90 Å². The molecule has 0 radical (unpaired) electrons. The van der Waals surface area contributed by atoms with Crippen LogP contribution in [0.5, 0.6) is 11.5 Å². The van der Waals surface area contributed by atoms with Gasteiger partial charge in [-0.25, -0.2) is 0 Å². The van der Waals surface area contributed by atoms with Gasteiger partial charge in [0.05, 0.1) is 25.5 Å². The maximum absolute atomic E-state index is 12.6. The summed E-state index contributed by atoms with van der Waals surface area (Å²) in [6.07, 6.45) is 0.831. The highest BCUT2D eigenvalue weighted by molar-refractivity contribution is 8.00. The molecule has 2 aromatic carbocycles. The number of rotatable bonds is 8. The van der Waals surface area contributed by atoms with E-state index in [2.05, 4.69) is 12.2 Å². The fourth-order valence-electron chi connectivity index (χ4n) is 2.46. The van der Waals surface area contributed by atoms with E-state index in [4.69, 9.17) is 9.47 Å². The van der Waals surface area contributed by atoms with Crippen molar-refractivity contribution in [2.45, 2.75) is 36.5 Å². The molecule has 0 aliphatic rings. The zero-order valence-corrected chi connectivity index (χ0v) is 15.9. The number of amides is 1. The van der Waals surface area contributed by atoms with Crippen molar-refractivity contribution >= 4 is 17.7 Å². The predicted octanol–water partition coefficient (Wildman–Crippen LogP) is 4.45. The standard InChI is InChI=1S/C20H25NO3S/c1-5-19(15-6-8-16(23-3)9-7-15)21-20(22)14(2)25-18-12-10-17(24-4)11-13-18/h6-14,19H,5H2,1-4H3,(H,21,22)/t14-,19+/m0/s1. The molecule has 2 rings (SSSR count). The number of nitrogens with one attached hydrogen (secondary N) is 1. The molecule has 0 spiro atoms. The largest absolute Gasteiger partial charge is 0.497 e. The Balaban J connectivity index is 1.97. The Morgan fingerprint density at radius 2 is 1.52 bits per heavy atom. The highest BCUT2D eigenvalue weighted by atomic mass is 32.2. The number of carbonyl (C=O) groups is 1. The molecule has 4 nitrogen and oxygen atoms in total. The number of carbonyl (C=O) groups excluding carboxylic acids is 1. The van der Waals surface area contributed by atoms with Crippen LogP contribution in [-0.2, 0) is 4.79 Å². The lowest BCUT2D eigenvalue weighted by atomic mass is 10.0. The number of hydrogen-bond acceptors (Lipinski definition) is 4. The SMILES string of the molecule is CC[C@@H](NC(=O)[C@H](C)Sc1ccc(OC)cc1)c1ccc(OC)cc1. The Hall–Kier alpha value is -2.14. The van der Waals surface area contributed by atoms with Gasteiger partial charge in [-0.15, -0.1) is 11.8 Å². The fourth-order valence-corrected chi connectivity index (χ4v) is 3.33. The van der Waals surface area contributed by atoms with Gasteiger partial charge in [-0.05, 0) is 55.3 Å². The number of thioether (sulfide) groups is 1. The molecule has 0 saturated carbocycles. The molecule has 0 saturated heterocycles. The van der Waals surface area contributed by atoms with Crippen LogP contribution in [-0.4, -0.2) is 25.4 Å². The van der Waals surface area contributed by atoms with Crippen molar-refractivity contribution in [3.05, 3.63) is 54.1 Å². The van der Waals surface area contributed by atoms with E-state index in [-0.39, 0.29) is 17.2 Å². The third kappa shape index (κ3) is 5.43. The minimum absolute atomic E-state index is 0.00248. The summed E-state index contributed by atoms with van der Waals surface area (Å²) >= 11 is 1.54. The molecular weight excluding hydrogens is 334 g/mol. The molecule has 5 heteroatoms. The first-order chi connectivity index (χ1) is 12.1. The van der Waals surface area contributed by atoms with Crippen LogP contribution in [0.3, 0.4) is 0 Å². The molecule has 0 aromatic heterocycles. The lowest BCUT2D eigenvalue weighted by molar-refractivity contribution is -0.121. The molecule has 0 aliphatic heterocycles. The summed E-state index contributed by atoms with van der Waals surface area (Å²) in [6, 6.07) is 15.6. The smallest absolute Gasteiger partial charge is 0.233 e. The van der Waals surface area contributed by atoms with Gasteiger partial charge in [0.25, 0.3) is 0 Å². The van der Waals surface area contributed by atoms with Crippen LogP contribution in [0.4, 0.5) is 0 Å². The van der Waals surface area contributed by atoms with Crippen molar-refractivity contribution in [3.63, 3.8) is 0 Å². The number of benzene rings is 2. The summed E-state index contributed by atoms with van der Waals surface area (Å²) in [6.45, 7) is 3.99. The fraction of sp³-hybridized carbons (Fsp3) is 0.350. The van der Waals surface area contributed by atoms with Crippen molar-refractivity contribution in [2.24, 2.45) is 0 Å². The van der Waals surface area contributed by atoms with E-state index >= 15 is 0 Å². The molecule has 0 aliphatic carbocycles. The van der Waals surface area contributed by atoms with Crippen molar-refractivity contribution in [1.82, 2.24) is 5.32 Å². The Kier molecular flexibility index (Phi) is 7.19. The highest BCUT2D eigenvalue weighted by Crippen LogP contribution is 2.27. The molecular formula is C20H25NO3S. The van der Waals surface area contributed by atoms with E-state index in [1.165, 1.54) is 11.8 Å². The molecule has 134 valence electrons. The molecule has 0 bridgehead atoms. The second-order valence-electron chi connectivity index (χ2n) is 5.68. The van der Waals surface area contributed by atoms with E-state index in [9.17, 15) is 4.79 Å². The zero-order chi connectivity index (χ0) is 18.2. The topological polar surface area (TPSA) is 47.6 Å². The maximum Gasteiger partial charge on any atom is 0.233 e. The second kappa shape index (κ2) is 9.37. The van der Waals surface area contributed by atoms with Crippen LogP contribution in [0.2, 0.25) is 0 Å². The van der Waals surface area contributed by atoms with Gasteiger partial charge in [-0.2, -0.15) is 0 Å². The molecule has 0 unspecified atom stereocenters. The minimum Gasteiger partial charge on any atom is -0.497 e. The Morgan fingerprint density at radius 1 is 1.00 bits per heavy atom. The molecule has 1 amide bonds. The van der Waals surface area contributed by atoms with Crippen LogP contribution < -0.4 is 14.8 Å². The van der Waals surface area contributed by atoms with Crippen molar-refractivity contribution in [1.29, 1.82) is 0 Å². The number of hydrogen-bond donors (Lipinski definition) is 1. The minimum atomic E-state index is -0.180. The van der Waals surface area contributed by atoms with E-state index in [1.54, 1.807) is 14.2 Å². The Morgan fingerprint density at radius 3 is 2.00 bits per heavy atom. The molecule has 2 aromatic rings. The Bertz CT molecular complexity index is 670. The van der Waals surface area contributed by atoms with Crippen LogP contribution in [0.1, 0.15) is 31.9 Å². The first kappa shape index (κ1) is 19.2. The van der Waals surface area contributed by atoms with Gasteiger partial charge in [0.2, 0.25) is 5.91 Å². The van der Waals surface area contributed by atoms with Crippen LogP contribution in [0.25, 0.3) is 0 Å². The van der Waals surface area contributed by atoms with Crippen molar-refractivity contribution in [2.75, 3.05) is 14.2 Å². The summed E-state index contributed by atoms with van der Waals surface area (Å²) < 4.78 is 10.3. The van der Waals surface area contributed by atoms with E-state index in [0.29, 0.717) is 0 Å². The van der Waals surface area contributed by atoms with Gasteiger partial charge in [0.15, 0.2) is 0 Å². The summed E-state index contributed by atoms with van der Waals surface area (Å²) in [5, 5.41) is 2.96. The normalized spacial score (nSPS) is 13.0. The van der Waals surface area contributed by atoms with Crippen molar-refractivity contribution < 1.29 is 14.3 Å². The van der Waals surface area contributed by atoms with Gasteiger partial charge in [-0.3, -0.25) is 4.79 Å². The third-order valence-electron chi connectivity index (χ3n) is 3.98. The summed E-state index contributed by atoms with van der Waals surface area (Å²) in [4.78, 5) is 13.6. The first-order valence-corrected chi connectivity index (χ1v) is 9.20. The van der Waals surface area contributed by atoms with E-state index < -0.39 is 0 Å². The van der Waals surface area contributed by atoms with Crippen LogP contribution in [0.15, 0.2) is 53.4 Å². The quantitative estimate of drug-likeness (QED) is 0.707. The lowest BCUT2D eigenvalue weighted by Gasteiger charge is -2.20. The zero-order valence-electron chi connectivity index (χ0n) is 15.1. The van der Waals surface area contributed by atoms with Gasteiger partial charge in [-0.1, -0.05) is 19.1 Å². The third-order valence-corrected chi connectivity index (χ3v) is 5.10. The lowest BCUT2D eigenvalue weighted by Crippen LogP contribution is -2.34. The van der Waals surface area contributed by atoms with Crippen LogP contribution in [0, 0.1) is 0 Å². The van der Waals surface area contributed by atoms with E-state index in [0.717, 1.165) is 28.4 Å². The molecule has 25 heavy (non-hydrogen) atoms. The van der Waals surface area contributed by atoms with Gasteiger partial charge < -0.3 is 14.8 Å². The van der Waals surface area contributed by atoms with Gasteiger partial charge >= 0.3 is 0 Å². The number of ether oxygens (including phenoxy) is 2. The average Bonchev–Trinajstić information content (AvgIpc) is 2.66. The monoisotopic (exact) mass is 359 g/mol. The van der Waals surface area contributed by atoms with Crippen LogP contribution >= 0.6 is 11.8 Å². The average molecular weight is 359 g/mol. The second-order valence-corrected chi connectivity index (χ2v) is 7.09. The van der Waals surface area contributed by atoms with E-state index in [1.807, 2.05) is 55.5 Å². The summed E-state index contributed by atoms with van der Waals surface area (Å²) in [5.41, 5.74) is 1.08. The maximum atomic E-state index is 12.6. The van der Waals surface area contributed by atoms with Gasteiger partial charge in [0.1, 0.15) is 11.5 Å². The molecule has 0 fully saturated rings. The molecule has 0 heterocycles. The summed E-state index contributed by atoms with van der Waals surface area (Å²) in [7, 11) is 3.29. The first-order valence-electron chi connectivity index (χ1n) is 8.32. The highest BCUT2D eigenvalue weighted by Gasteiger charge is 2.19. The van der Waals surface area contributed by atoms with Crippen molar-refractivity contribution in [3.8, 4) is 11.5 Å². The Labute approximate surface area is 153 Å². The summed E-state index contributed by atoms with van der Waals surface area (Å²) in [5.74, 6) is 1.66. The number of methoxy groups -OCH3 is 2. The molecule has 2 atom stereocenters. The predicted molar refractivity (Wildman–Crippen MR) is 102 cm³/mol. The molecule has 1 N–H and O–H groups in total.